The molecule has 0 unspecified atom stereocenters. The molecule has 2 atom stereocenters. The number of amides is 1. The van der Waals surface area contributed by atoms with Crippen LogP contribution in [0.5, 0.6) is 5.75 Å². The molecule has 11 heteroatoms. The van der Waals surface area contributed by atoms with Crippen molar-refractivity contribution < 1.29 is 18.3 Å². The molecule has 3 aromatic rings. The number of ether oxygens (including phenoxy) is 1. The van der Waals surface area contributed by atoms with Crippen molar-refractivity contribution >= 4 is 23.4 Å². The van der Waals surface area contributed by atoms with E-state index in [1.54, 1.807) is 23.5 Å². The molecule has 0 bridgehead atoms. The van der Waals surface area contributed by atoms with Crippen molar-refractivity contribution in [2.45, 2.75) is 44.5 Å². The second-order valence-electron chi connectivity index (χ2n) is 7.94. The van der Waals surface area contributed by atoms with Crippen LogP contribution in [0.25, 0.3) is 0 Å². The van der Waals surface area contributed by atoms with E-state index < -0.39 is 6.61 Å². The molecular formula is C22H21F2N7O2. The molecule has 0 radical (unpaired) electrons. The number of nitrogens with one attached hydrogen (secondary N) is 2. The maximum absolute atomic E-state index is 12.6. The summed E-state index contributed by atoms with van der Waals surface area (Å²) in [7, 11) is 0. The number of nitrogens with zero attached hydrogens (tertiary/aromatic N) is 5. The standard InChI is InChI=1S/C22H21F2N7O2/c23-21(24)33-17-9-27-22(28-10-17)30-15-2-1-14(7-15)29-19-4-3-16(8-26-19)31-12-13-5-6-25-11-18(13)20(31)32/h3-6,8-11,14-15,21H,1-2,7,12H2,(H,26,29)(H,27,28,30)/t14-,15-/m0/s1. The average Bonchev–Trinajstić information content (AvgIpc) is 3.39. The quantitative estimate of drug-likeness (QED) is 0.560. The number of carbonyl (C=O) groups is 1. The Balaban J connectivity index is 1.14. The summed E-state index contributed by atoms with van der Waals surface area (Å²) in [6.45, 7) is -2.39. The first-order valence-electron chi connectivity index (χ1n) is 10.6. The molecule has 2 aliphatic rings. The lowest BCUT2D eigenvalue weighted by Crippen LogP contribution is -2.24. The van der Waals surface area contributed by atoms with Gasteiger partial charge in [-0.25, -0.2) is 15.0 Å². The van der Waals surface area contributed by atoms with Crippen molar-refractivity contribution in [3.63, 3.8) is 0 Å². The zero-order chi connectivity index (χ0) is 22.8. The van der Waals surface area contributed by atoms with E-state index in [0.717, 1.165) is 36.3 Å². The van der Waals surface area contributed by atoms with E-state index >= 15 is 0 Å². The number of rotatable bonds is 7. The number of carbonyl (C=O) groups excluding carboxylic acids is 1. The molecule has 0 spiro atoms. The second kappa shape index (κ2) is 8.93. The summed E-state index contributed by atoms with van der Waals surface area (Å²) in [5, 5.41) is 6.65. The normalized spacial score (nSPS) is 19.6. The predicted octanol–water partition coefficient (Wildman–Crippen LogP) is 3.47. The highest BCUT2D eigenvalue weighted by molar-refractivity contribution is 6.09. The summed E-state index contributed by atoms with van der Waals surface area (Å²) in [6.07, 6.45) is 10.1. The SMILES string of the molecule is O=C1c2cnccc2CN1c1ccc(N[C@H]2CC[C@H](Nc3ncc(OC(F)F)cn3)C2)nc1. The van der Waals surface area contributed by atoms with Gasteiger partial charge in [-0.15, -0.1) is 0 Å². The molecule has 1 amide bonds. The second-order valence-corrected chi connectivity index (χ2v) is 7.94. The highest BCUT2D eigenvalue weighted by Gasteiger charge is 2.29. The van der Waals surface area contributed by atoms with Crippen molar-refractivity contribution in [3.05, 3.63) is 60.3 Å². The van der Waals surface area contributed by atoms with Gasteiger partial charge in [-0.2, -0.15) is 8.78 Å². The Morgan fingerprint density at radius 3 is 2.48 bits per heavy atom. The number of hydrogen-bond donors (Lipinski definition) is 2. The summed E-state index contributed by atoms with van der Waals surface area (Å²) < 4.78 is 28.7. The van der Waals surface area contributed by atoms with Crippen LogP contribution in [-0.4, -0.2) is 44.5 Å². The number of halogens is 2. The number of aromatic nitrogens is 4. The van der Waals surface area contributed by atoms with Gasteiger partial charge in [0.2, 0.25) is 5.95 Å². The maximum atomic E-state index is 12.6. The first-order chi connectivity index (χ1) is 16.0. The predicted molar refractivity (Wildman–Crippen MR) is 116 cm³/mol. The molecule has 4 heterocycles. The van der Waals surface area contributed by atoms with Gasteiger partial charge < -0.3 is 20.3 Å². The highest BCUT2D eigenvalue weighted by Crippen LogP contribution is 2.29. The molecule has 0 saturated heterocycles. The summed E-state index contributed by atoms with van der Waals surface area (Å²) in [6, 6.07) is 5.98. The number of anilines is 3. The zero-order valence-electron chi connectivity index (χ0n) is 17.5. The van der Waals surface area contributed by atoms with E-state index in [-0.39, 0.29) is 23.7 Å². The van der Waals surface area contributed by atoms with Crippen molar-refractivity contribution in [3.8, 4) is 5.75 Å². The third-order valence-corrected chi connectivity index (χ3v) is 5.75. The van der Waals surface area contributed by atoms with Gasteiger partial charge in [0.05, 0.1) is 36.4 Å². The van der Waals surface area contributed by atoms with Gasteiger partial charge in [0, 0.05) is 24.5 Å². The molecule has 9 nitrogen and oxygen atoms in total. The lowest BCUT2D eigenvalue weighted by atomic mass is 10.2. The third kappa shape index (κ3) is 4.66. The molecule has 170 valence electrons. The van der Waals surface area contributed by atoms with E-state index in [2.05, 4.69) is 35.3 Å². The molecule has 1 saturated carbocycles. The summed E-state index contributed by atoms with van der Waals surface area (Å²) in [4.78, 5) is 30.9. The molecule has 1 aliphatic heterocycles. The minimum absolute atomic E-state index is 0.0682. The van der Waals surface area contributed by atoms with E-state index in [4.69, 9.17) is 0 Å². The maximum Gasteiger partial charge on any atom is 0.387 e. The number of hydrogen-bond acceptors (Lipinski definition) is 8. The van der Waals surface area contributed by atoms with Crippen LogP contribution in [-0.2, 0) is 6.54 Å². The first-order valence-corrected chi connectivity index (χ1v) is 10.6. The molecule has 3 aromatic heterocycles. The van der Waals surface area contributed by atoms with Crippen LogP contribution >= 0.6 is 0 Å². The first kappa shape index (κ1) is 21.0. The fourth-order valence-corrected chi connectivity index (χ4v) is 4.17. The average molecular weight is 453 g/mol. The molecule has 2 N–H and O–H groups in total. The Labute approximate surface area is 188 Å². The number of alkyl halides is 2. The zero-order valence-corrected chi connectivity index (χ0v) is 17.5. The van der Waals surface area contributed by atoms with Crippen molar-refractivity contribution in [1.82, 2.24) is 19.9 Å². The summed E-state index contributed by atoms with van der Waals surface area (Å²) >= 11 is 0. The van der Waals surface area contributed by atoms with E-state index in [1.165, 1.54) is 12.4 Å². The fourth-order valence-electron chi connectivity index (χ4n) is 4.17. The van der Waals surface area contributed by atoms with Gasteiger partial charge in [0.1, 0.15) is 5.82 Å². The van der Waals surface area contributed by atoms with E-state index in [9.17, 15) is 13.6 Å². The minimum atomic E-state index is -2.90. The Bertz CT molecular complexity index is 1130. The molecule has 33 heavy (non-hydrogen) atoms. The van der Waals surface area contributed by atoms with Gasteiger partial charge in [-0.05, 0) is 43.0 Å². The number of fused-ring (bicyclic) bond motifs is 1. The van der Waals surface area contributed by atoms with E-state index in [0.29, 0.717) is 18.1 Å². The van der Waals surface area contributed by atoms with Crippen LogP contribution in [0, 0.1) is 0 Å². The van der Waals surface area contributed by atoms with Gasteiger partial charge in [-0.3, -0.25) is 9.78 Å². The van der Waals surface area contributed by atoms with Crippen LogP contribution in [0.1, 0.15) is 35.2 Å². The lowest BCUT2D eigenvalue weighted by molar-refractivity contribution is -0.0503. The van der Waals surface area contributed by atoms with Gasteiger partial charge >= 0.3 is 6.61 Å². The highest BCUT2D eigenvalue weighted by atomic mass is 19.3. The van der Waals surface area contributed by atoms with Crippen LogP contribution in [0.3, 0.4) is 0 Å². The van der Waals surface area contributed by atoms with Gasteiger partial charge in [0.25, 0.3) is 5.91 Å². The molecular weight excluding hydrogens is 432 g/mol. The smallest absolute Gasteiger partial charge is 0.387 e. The molecule has 1 fully saturated rings. The third-order valence-electron chi connectivity index (χ3n) is 5.75. The largest absolute Gasteiger partial charge is 0.432 e. The minimum Gasteiger partial charge on any atom is -0.432 e. The fraction of sp³-hybridized carbons (Fsp3) is 0.318. The van der Waals surface area contributed by atoms with Crippen LogP contribution in [0.4, 0.5) is 26.2 Å². The monoisotopic (exact) mass is 453 g/mol. The summed E-state index contributed by atoms with van der Waals surface area (Å²) in [5.74, 6) is 0.963. The Kier molecular flexibility index (Phi) is 5.68. The van der Waals surface area contributed by atoms with Crippen molar-refractivity contribution in [1.29, 1.82) is 0 Å². The number of pyridine rings is 2. The van der Waals surface area contributed by atoms with E-state index in [1.807, 2.05) is 18.2 Å². The van der Waals surface area contributed by atoms with Crippen molar-refractivity contribution in [2.24, 2.45) is 0 Å². The topological polar surface area (TPSA) is 105 Å². The Morgan fingerprint density at radius 1 is 1.00 bits per heavy atom. The van der Waals surface area contributed by atoms with Crippen molar-refractivity contribution in [2.75, 3.05) is 15.5 Å². The lowest BCUT2D eigenvalue weighted by Gasteiger charge is -2.18. The van der Waals surface area contributed by atoms with Crippen LogP contribution < -0.4 is 20.3 Å². The Hall–Kier alpha value is -3.89. The summed E-state index contributed by atoms with van der Waals surface area (Å²) in [5.41, 5.74) is 2.33. The Morgan fingerprint density at radius 2 is 1.79 bits per heavy atom. The molecule has 5 rings (SSSR count). The van der Waals surface area contributed by atoms with Crippen LogP contribution in [0.15, 0.2) is 49.2 Å². The molecule has 0 aromatic carbocycles. The van der Waals surface area contributed by atoms with Gasteiger partial charge in [0.15, 0.2) is 5.75 Å². The van der Waals surface area contributed by atoms with Gasteiger partial charge in [-0.1, -0.05) is 0 Å². The molecule has 1 aliphatic carbocycles. The van der Waals surface area contributed by atoms with Crippen LogP contribution in [0.2, 0.25) is 0 Å².